The smallest absolute Gasteiger partial charge is 0.275 e. The van der Waals surface area contributed by atoms with Gasteiger partial charge in [0.15, 0.2) is 0 Å². The van der Waals surface area contributed by atoms with Crippen LogP contribution in [0.15, 0.2) is 149 Å². The van der Waals surface area contributed by atoms with Gasteiger partial charge in [-0.3, -0.25) is 4.98 Å². The highest BCUT2D eigenvalue weighted by Gasteiger charge is 2.45. The molecular formula is C42H24BN3OS. The van der Waals surface area contributed by atoms with E-state index in [-0.39, 0.29) is 12.6 Å². The Bertz CT molecular complexity index is 2720. The van der Waals surface area contributed by atoms with E-state index in [0.717, 1.165) is 33.5 Å². The van der Waals surface area contributed by atoms with Crippen LogP contribution in [-0.2, 0) is 0 Å². The minimum Gasteiger partial charge on any atom is -0.457 e. The Morgan fingerprint density at radius 2 is 1.42 bits per heavy atom. The highest BCUT2D eigenvalue weighted by Crippen LogP contribution is 2.57. The van der Waals surface area contributed by atoms with Crippen molar-refractivity contribution in [3.05, 3.63) is 156 Å². The van der Waals surface area contributed by atoms with E-state index >= 15 is 0 Å². The molecule has 0 N–H and O–H groups in total. The van der Waals surface area contributed by atoms with E-state index in [0.29, 0.717) is 0 Å². The van der Waals surface area contributed by atoms with Crippen molar-refractivity contribution in [3.63, 3.8) is 0 Å². The molecule has 0 bridgehead atoms. The van der Waals surface area contributed by atoms with Crippen molar-refractivity contribution >= 4 is 73.9 Å². The molecule has 0 spiro atoms. The van der Waals surface area contributed by atoms with Crippen molar-refractivity contribution in [1.82, 2.24) is 9.55 Å². The number of anilines is 3. The summed E-state index contributed by atoms with van der Waals surface area (Å²) < 4.78 is 8.98. The summed E-state index contributed by atoms with van der Waals surface area (Å²) >= 11 is 1.78. The Morgan fingerprint density at radius 3 is 2.38 bits per heavy atom. The topological polar surface area (TPSA) is 30.3 Å². The SMILES string of the molecule is c1ccc(N2c3cc4c(nc3B3c5c2cccc5-n2c5ccccc5c5cccc3c52)Sc2cccc3c2C4c2ccccc2O3)cc1. The summed E-state index contributed by atoms with van der Waals surface area (Å²) in [5, 5.41) is 3.65. The molecule has 0 amide bonds. The first-order valence-corrected chi connectivity index (χ1v) is 17.3. The van der Waals surface area contributed by atoms with Crippen molar-refractivity contribution in [2.75, 3.05) is 4.90 Å². The monoisotopic (exact) mass is 629 g/mol. The Kier molecular flexibility index (Phi) is 4.76. The molecule has 0 fully saturated rings. The lowest BCUT2D eigenvalue weighted by atomic mass is 9.35. The maximum absolute atomic E-state index is 6.49. The summed E-state index contributed by atoms with van der Waals surface area (Å²) in [6.07, 6.45) is 0. The molecule has 0 saturated carbocycles. The number of hydrogen-bond acceptors (Lipinski definition) is 4. The zero-order valence-corrected chi connectivity index (χ0v) is 26.4. The third-order valence-corrected chi connectivity index (χ3v) is 11.8. The van der Waals surface area contributed by atoms with Gasteiger partial charge < -0.3 is 14.2 Å². The molecule has 12 rings (SSSR count). The average Bonchev–Trinajstić information content (AvgIpc) is 3.48. The summed E-state index contributed by atoms with van der Waals surface area (Å²) in [6, 6.07) is 50.6. The normalized spacial score (nSPS) is 15.7. The summed E-state index contributed by atoms with van der Waals surface area (Å²) in [7, 11) is 0. The zero-order valence-electron chi connectivity index (χ0n) is 25.6. The van der Waals surface area contributed by atoms with Gasteiger partial charge in [0.05, 0.1) is 11.2 Å². The maximum Gasteiger partial charge on any atom is 0.275 e. The quantitative estimate of drug-likeness (QED) is 0.170. The highest BCUT2D eigenvalue weighted by molar-refractivity contribution is 7.99. The van der Waals surface area contributed by atoms with Gasteiger partial charge in [-0.15, -0.1) is 0 Å². The Labute approximate surface area is 281 Å². The Morgan fingerprint density at radius 1 is 0.646 bits per heavy atom. The molecule has 6 heterocycles. The summed E-state index contributed by atoms with van der Waals surface area (Å²) in [5.41, 5.74) is 14.6. The molecule has 2 aromatic heterocycles. The Balaban J connectivity index is 1.21. The van der Waals surface area contributed by atoms with E-state index in [9.17, 15) is 0 Å². The molecule has 6 aromatic carbocycles. The van der Waals surface area contributed by atoms with Crippen LogP contribution in [0.3, 0.4) is 0 Å². The number of nitrogens with zero attached hydrogens (tertiary/aromatic N) is 3. The molecule has 4 aliphatic heterocycles. The third-order valence-electron chi connectivity index (χ3n) is 10.7. The molecule has 8 aromatic rings. The first-order valence-electron chi connectivity index (χ1n) is 16.5. The van der Waals surface area contributed by atoms with E-state index in [1.165, 1.54) is 65.7 Å². The number of aromatic nitrogens is 2. The van der Waals surface area contributed by atoms with Crippen LogP contribution < -0.4 is 26.2 Å². The first kappa shape index (κ1) is 25.4. The van der Waals surface area contributed by atoms with E-state index in [1.807, 2.05) is 0 Å². The molecule has 1 atom stereocenters. The van der Waals surface area contributed by atoms with Crippen molar-refractivity contribution < 1.29 is 4.74 Å². The minimum atomic E-state index is -0.00715. The van der Waals surface area contributed by atoms with E-state index in [1.54, 1.807) is 11.8 Å². The second-order valence-electron chi connectivity index (χ2n) is 13.0. The van der Waals surface area contributed by atoms with Gasteiger partial charge >= 0.3 is 0 Å². The fraction of sp³-hybridized carbons (Fsp3) is 0.0238. The predicted octanol–water partition coefficient (Wildman–Crippen LogP) is 8.54. The van der Waals surface area contributed by atoms with Crippen molar-refractivity contribution in [3.8, 4) is 17.2 Å². The summed E-state index contributed by atoms with van der Waals surface area (Å²) in [5.74, 6) is 1.90. The van der Waals surface area contributed by atoms with Crippen LogP contribution >= 0.6 is 11.8 Å². The van der Waals surface area contributed by atoms with Gasteiger partial charge in [-0.1, -0.05) is 96.7 Å². The standard InChI is InChI=1S/C42H24BN3OS/c1-2-11-24(12-3-1)45-31-18-9-19-32-39(31)43(29-16-8-15-26-25-13-4-6-17-30(25)46(32)40(26)29)41-33(45)23-28-37-27-14-5-7-20-34(27)47-35-21-10-22-36(38(35)37)48-42(28)44-41/h1-23,37H. The fourth-order valence-electron chi connectivity index (χ4n) is 8.87. The maximum atomic E-state index is 6.49. The second kappa shape index (κ2) is 9.00. The number of benzene rings is 6. The second-order valence-corrected chi connectivity index (χ2v) is 14.1. The van der Waals surface area contributed by atoms with Crippen LogP contribution in [0.4, 0.5) is 17.1 Å². The van der Waals surface area contributed by atoms with Crippen molar-refractivity contribution in [2.24, 2.45) is 0 Å². The summed E-state index contributed by atoms with van der Waals surface area (Å²) in [4.78, 5) is 9.43. The van der Waals surface area contributed by atoms with Gasteiger partial charge in [-0.25, -0.2) is 0 Å². The van der Waals surface area contributed by atoms with Gasteiger partial charge in [-0.2, -0.15) is 0 Å². The van der Waals surface area contributed by atoms with Crippen molar-refractivity contribution in [1.29, 1.82) is 0 Å². The molecule has 0 aliphatic carbocycles. The molecule has 4 nitrogen and oxygen atoms in total. The van der Waals surface area contributed by atoms with Gasteiger partial charge in [-0.05, 0) is 71.1 Å². The minimum absolute atomic E-state index is 0.00715. The molecule has 48 heavy (non-hydrogen) atoms. The van der Waals surface area contributed by atoms with Gasteiger partial charge in [0.2, 0.25) is 0 Å². The van der Waals surface area contributed by atoms with Crippen LogP contribution in [0.1, 0.15) is 22.6 Å². The van der Waals surface area contributed by atoms with Crippen LogP contribution in [0, 0.1) is 0 Å². The number of fused-ring (bicyclic) bond motifs is 11. The first-order chi connectivity index (χ1) is 23.8. The highest BCUT2D eigenvalue weighted by atomic mass is 32.2. The van der Waals surface area contributed by atoms with E-state index < -0.39 is 0 Å². The summed E-state index contributed by atoms with van der Waals surface area (Å²) in [6.45, 7) is -0.00715. The average molecular weight is 630 g/mol. The number of rotatable bonds is 1. The zero-order chi connectivity index (χ0) is 31.1. The van der Waals surface area contributed by atoms with E-state index in [4.69, 9.17) is 9.72 Å². The molecular weight excluding hydrogens is 605 g/mol. The van der Waals surface area contributed by atoms with Crippen LogP contribution in [0.5, 0.6) is 11.5 Å². The van der Waals surface area contributed by atoms with E-state index in [2.05, 4.69) is 149 Å². The molecule has 1 unspecified atom stereocenters. The van der Waals surface area contributed by atoms with Gasteiger partial charge in [0.25, 0.3) is 6.71 Å². The van der Waals surface area contributed by atoms with Gasteiger partial charge in [0, 0.05) is 60.9 Å². The van der Waals surface area contributed by atoms with Crippen LogP contribution in [0.2, 0.25) is 0 Å². The number of pyridine rings is 1. The fourth-order valence-corrected chi connectivity index (χ4v) is 10.00. The number of para-hydroxylation sites is 4. The molecule has 4 aliphatic rings. The lowest BCUT2D eigenvalue weighted by Crippen LogP contribution is -2.61. The number of hydrogen-bond donors (Lipinski definition) is 0. The molecule has 0 radical (unpaired) electrons. The van der Waals surface area contributed by atoms with Gasteiger partial charge in [0.1, 0.15) is 16.5 Å². The largest absolute Gasteiger partial charge is 0.457 e. The predicted molar refractivity (Wildman–Crippen MR) is 196 cm³/mol. The van der Waals surface area contributed by atoms with Crippen molar-refractivity contribution in [2.45, 2.75) is 15.8 Å². The van der Waals surface area contributed by atoms with Crippen LogP contribution in [0.25, 0.3) is 27.5 Å². The van der Waals surface area contributed by atoms with Crippen LogP contribution in [-0.4, -0.2) is 16.3 Å². The number of ether oxygens (including phenoxy) is 1. The third kappa shape index (κ3) is 3.07. The molecule has 222 valence electrons. The molecule has 6 heteroatoms. The lowest BCUT2D eigenvalue weighted by Gasteiger charge is -2.41. The Hall–Kier alpha value is -5.72. The molecule has 0 saturated heterocycles. The lowest BCUT2D eigenvalue weighted by molar-refractivity contribution is 0.448.